The topological polar surface area (TPSA) is 116 Å². The first-order valence-corrected chi connectivity index (χ1v) is 13.4. The molecule has 6 rings (SSSR count). The molecule has 0 unspecified atom stereocenters. The van der Waals surface area contributed by atoms with E-state index in [4.69, 9.17) is 4.98 Å². The zero-order valence-corrected chi connectivity index (χ0v) is 22.4. The summed E-state index contributed by atoms with van der Waals surface area (Å²) in [5.41, 5.74) is 3.46. The van der Waals surface area contributed by atoms with Crippen molar-refractivity contribution in [2.45, 2.75) is 31.8 Å². The Balaban J connectivity index is 1.14. The van der Waals surface area contributed by atoms with Crippen LogP contribution in [0.25, 0.3) is 5.65 Å². The standard InChI is InChI=1S/C27H33N11O/c1-3-21-6-10-36(16-21)27(7-8-28)19-35(20-27)23-5-4-9-38-25(23)31-26(32-38)30-22-15-29-37(17-22)18-24(39)34-13-11-33(2)12-14-34/h4-6,9-10,15-17H,3,7,11-14,18-20H2,1-2H3,(H,30,32). The van der Waals surface area contributed by atoms with Gasteiger partial charge in [0.2, 0.25) is 11.9 Å². The molecule has 12 heteroatoms. The molecule has 0 bridgehead atoms. The third kappa shape index (κ3) is 4.81. The predicted octanol–water partition coefficient (Wildman–Crippen LogP) is 1.94. The van der Waals surface area contributed by atoms with Gasteiger partial charge < -0.3 is 24.6 Å². The summed E-state index contributed by atoms with van der Waals surface area (Å²) in [5.74, 6) is 0.523. The van der Waals surface area contributed by atoms with Crippen LogP contribution >= 0.6 is 0 Å². The summed E-state index contributed by atoms with van der Waals surface area (Å²) in [6.07, 6.45) is 11.0. The largest absolute Gasteiger partial charge is 0.364 e. The minimum absolute atomic E-state index is 0.0705. The van der Waals surface area contributed by atoms with Gasteiger partial charge in [0.1, 0.15) is 6.54 Å². The Hall–Kier alpha value is -4.37. The van der Waals surface area contributed by atoms with Gasteiger partial charge in [-0.2, -0.15) is 15.3 Å². The smallest absolute Gasteiger partial charge is 0.247 e. The highest BCUT2D eigenvalue weighted by Gasteiger charge is 2.45. The Labute approximate surface area is 227 Å². The van der Waals surface area contributed by atoms with Crippen molar-refractivity contribution in [3.63, 3.8) is 0 Å². The highest BCUT2D eigenvalue weighted by atomic mass is 16.2. The zero-order chi connectivity index (χ0) is 27.0. The number of anilines is 3. The number of nitrogens with zero attached hydrogens (tertiary/aromatic N) is 10. The fraction of sp³-hybridized carbons (Fsp3) is 0.444. The van der Waals surface area contributed by atoms with Gasteiger partial charge in [-0.05, 0) is 37.2 Å². The average Bonchev–Trinajstić information content (AvgIpc) is 3.66. The molecule has 202 valence electrons. The monoisotopic (exact) mass is 527 g/mol. The second kappa shape index (κ2) is 10.1. The average molecular weight is 528 g/mol. The Bertz CT molecular complexity index is 1510. The molecule has 1 N–H and O–H groups in total. The molecule has 0 atom stereocenters. The molecular formula is C27H33N11O. The first-order valence-electron chi connectivity index (χ1n) is 13.4. The lowest BCUT2D eigenvalue weighted by molar-refractivity contribution is -0.133. The van der Waals surface area contributed by atoms with E-state index in [0.29, 0.717) is 12.4 Å². The van der Waals surface area contributed by atoms with Crippen LogP contribution in [0.5, 0.6) is 0 Å². The van der Waals surface area contributed by atoms with Crippen molar-refractivity contribution in [3.05, 3.63) is 54.7 Å². The number of amides is 1. The van der Waals surface area contributed by atoms with E-state index in [0.717, 1.165) is 62.7 Å². The first-order chi connectivity index (χ1) is 19.0. The van der Waals surface area contributed by atoms with Crippen LogP contribution in [0, 0.1) is 11.3 Å². The highest BCUT2D eigenvalue weighted by Crippen LogP contribution is 2.38. The van der Waals surface area contributed by atoms with E-state index in [1.165, 1.54) is 5.56 Å². The number of likely N-dealkylation sites (N-methyl/N-ethyl adjacent to an activating group) is 1. The van der Waals surface area contributed by atoms with Crippen LogP contribution in [0.3, 0.4) is 0 Å². The molecule has 1 amide bonds. The van der Waals surface area contributed by atoms with Gasteiger partial charge in [0, 0.05) is 64.1 Å². The van der Waals surface area contributed by atoms with Crippen molar-refractivity contribution < 1.29 is 4.79 Å². The normalized spacial score (nSPS) is 17.3. The van der Waals surface area contributed by atoms with Crippen LogP contribution in [0.15, 0.2) is 49.2 Å². The number of piperazine rings is 1. The Morgan fingerprint density at radius 2 is 1.97 bits per heavy atom. The number of pyridine rings is 1. The number of rotatable bonds is 8. The number of carbonyl (C=O) groups is 1. The number of fused-ring (bicyclic) bond motifs is 1. The van der Waals surface area contributed by atoms with E-state index < -0.39 is 0 Å². The third-order valence-corrected chi connectivity index (χ3v) is 7.81. The number of nitrogens with one attached hydrogen (secondary N) is 1. The van der Waals surface area contributed by atoms with Crippen LogP contribution in [0.1, 0.15) is 18.9 Å². The lowest BCUT2D eigenvalue weighted by Crippen LogP contribution is -2.62. The molecule has 0 saturated carbocycles. The van der Waals surface area contributed by atoms with E-state index in [1.54, 1.807) is 21.6 Å². The van der Waals surface area contributed by atoms with E-state index in [9.17, 15) is 10.1 Å². The van der Waals surface area contributed by atoms with E-state index in [-0.39, 0.29) is 18.0 Å². The van der Waals surface area contributed by atoms with Crippen molar-refractivity contribution in [2.24, 2.45) is 0 Å². The highest BCUT2D eigenvalue weighted by molar-refractivity contribution is 5.76. The number of hydrogen-bond acceptors (Lipinski definition) is 8. The Morgan fingerprint density at radius 1 is 1.15 bits per heavy atom. The van der Waals surface area contributed by atoms with Gasteiger partial charge in [-0.25, -0.2) is 4.52 Å². The summed E-state index contributed by atoms with van der Waals surface area (Å²) in [6.45, 7) is 7.06. The lowest BCUT2D eigenvalue weighted by Gasteiger charge is -2.51. The molecule has 0 aromatic carbocycles. The molecule has 2 aliphatic rings. The van der Waals surface area contributed by atoms with Crippen molar-refractivity contribution in [3.8, 4) is 6.07 Å². The van der Waals surface area contributed by atoms with Gasteiger partial charge in [-0.3, -0.25) is 9.48 Å². The second-order valence-corrected chi connectivity index (χ2v) is 10.5. The van der Waals surface area contributed by atoms with Crippen molar-refractivity contribution >= 4 is 28.9 Å². The first kappa shape index (κ1) is 24.9. The number of nitriles is 1. The Morgan fingerprint density at radius 3 is 2.72 bits per heavy atom. The lowest BCUT2D eigenvalue weighted by atomic mass is 9.86. The molecule has 0 aliphatic carbocycles. The molecule has 12 nitrogen and oxygen atoms in total. The quantitative estimate of drug-likeness (QED) is 0.370. The zero-order valence-electron chi connectivity index (χ0n) is 22.4. The van der Waals surface area contributed by atoms with Gasteiger partial charge in [0.05, 0.1) is 35.6 Å². The van der Waals surface area contributed by atoms with Gasteiger partial charge in [-0.15, -0.1) is 5.10 Å². The molecule has 2 saturated heterocycles. The minimum Gasteiger partial charge on any atom is -0.364 e. The molecule has 4 aromatic heterocycles. The summed E-state index contributed by atoms with van der Waals surface area (Å²) in [7, 11) is 2.07. The van der Waals surface area contributed by atoms with Crippen LogP contribution < -0.4 is 10.2 Å². The van der Waals surface area contributed by atoms with Gasteiger partial charge >= 0.3 is 0 Å². The molecule has 2 fully saturated rings. The Kier molecular flexibility index (Phi) is 6.44. The summed E-state index contributed by atoms with van der Waals surface area (Å²) in [5, 5.41) is 21.7. The molecule has 0 radical (unpaired) electrons. The van der Waals surface area contributed by atoms with Gasteiger partial charge in [0.15, 0.2) is 5.65 Å². The van der Waals surface area contributed by atoms with Gasteiger partial charge in [0.25, 0.3) is 0 Å². The van der Waals surface area contributed by atoms with Crippen LogP contribution in [-0.2, 0) is 23.3 Å². The maximum absolute atomic E-state index is 12.7. The fourth-order valence-electron chi connectivity index (χ4n) is 5.42. The molecular weight excluding hydrogens is 494 g/mol. The molecule has 2 aliphatic heterocycles. The summed E-state index contributed by atoms with van der Waals surface area (Å²) in [4.78, 5) is 23.8. The molecule has 4 aromatic rings. The maximum atomic E-state index is 12.7. The fourth-order valence-corrected chi connectivity index (χ4v) is 5.42. The van der Waals surface area contributed by atoms with E-state index in [2.05, 4.69) is 68.4 Å². The summed E-state index contributed by atoms with van der Waals surface area (Å²) >= 11 is 0. The number of aryl methyl sites for hydroxylation is 1. The predicted molar refractivity (Wildman–Crippen MR) is 147 cm³/mol. The van der Waals surface area contributed by atoms with Crippen molar-refractivity contribution in [1.82, 2.24) is 38.7 Å². The number of hydrogen-bond donors (Lipinski definition) is 1. The number of carbonyl (C=O) groups excluding carboxylic acids is 1. The van der Waals surface area contributed by atoms with Crippen LogP contribution in [-0.4, -0.2) is 91.0 Å². The van der Waals surface area contributed by atoms with Crippen molar-refractivity contribution in [2.75, 3.05) is 56.5 Å². The second-order valence-electron chi connectivity index (χ2n) is 10.5. The minimum atomic E-state index is -0.244. The SMILES string of the molecule is CCc1ccn(C2(CC#N)CN(c3cccn4nc(Nc5cnn(CC(=O)N6CCN(C)CC6)c5)nc34)C2)c1. The van der Waals surface area contributed by atoms with Gasteiger partial charge in [-0.1, -0.05) is 6.92 Å². The maximum Gasteiger partial charge on any atom is 0.247 e. The molecule has 6 heterocycles. The van der Waals surface area contributed by atoms with E-state index >= 15 is 0 Å². The molecule has 0 spiro atoms. The van der Waals surface area contributed by atoms with Crippen LogP contribution in [0.4, 0.5) is 17.3 Å². The third-order valence-electron chi connectivity index (χ3n) is 7.81. The molecule has 39 heavy (non-hydrogen) atoms. The van der Waals surface area contributed by atoms with Crippen LogP contribution in [0.2, 0.25) is 0 Å². The summed E-state index contributed by atoms with van der Waals surface area (Å²) in [6, 6.07) is 8.51. The van der Waals surface area contributed by atoms with E-state index in [1.807, 2.05) is 23.2 Å². The number of aromatic nitrogens is 6. The van der Waals surface area contributed by atoms with Crippen molar-refractivity contribution in [1.29, 1.82) is 5.26 Å². The summed E-state index contributed by atoms with van der Waals surface area (Å²) < 4.78 is 5.60.